The summed E-state index contributed by atoms with van der Waals surface area (Å²) >= 11 is 0. The van der Waals surface area contributed by atoms with Crippen LogP contribution in [0.1, 0.15) is 37.4 Å². The molecule has 1 aliphatic rings. The zero-order chi connectivity index (χ0) is 22.0. The molecule has 1 amide bonds. The zero-order valence-electron chi connectivity index (χ0n) is 17.4. The Morgan fingerprint density at radius 3 is 2.32 bits per heavy atom. The highest BCUT2D eigenvalue weighted by atomic mass is 16.5. The number of quaternary nitrogens is 1. The number of methoxy groups -OCH3 is 1. The van der Waals surface area contributed by atoms with E-state index in [0.717, 1.165) is 16.2 Å². The quantitative estimate of drug-likeness (QED) is 0.506. The average molecular weight is 415 g/mol. The van der Waals surface area contributed by atoms with E-state index in [2.05, 4.69) is 5.32 Å². The maximum Gasteiger partial charge on any atom is 0.279 e. The van der Waals surface area contributed by atoms with Crippen LogP contribution in [0.4, 0.5) is 5.69 Å². The van der Waals surface area contributed by atoms with Crippen molar-refractivity contribution in [1.82, 2.24) is 0 Å². The summed E-state index contributed by atoms with van der Waals surface area (Å²) in [5, 5.41) is 2.83. The van der Waals surface area contributed by atoms with Crippen LogP contribution in [0.15, 0.2) is 66.7 Å². The van der Waals surface area contributed by atoms with Crippen LogP contribution in [0.25, 0.3) is 0 Å². The first-order chi connectivity index (χ1) is 15.0. The van der Waals surface area contributed by atoms with Crippen molar-refractivity contribution in [3.63, 3.8) is 0 Å². The Hall–Kier alpha value is -3.77. The molecule has 0 bridgehead atoms. The maximum absolute atomic E-state index is 13.1. The van der Waals surface area contributed by atoms with E-state index in [1.807, 2.05) is 31.3 Å². The van der Waals surface area contributed by atoms with E-state index in [0.29, 0.717) is 28.9 Å². The van der Waals surface area contributed by atoms with Crippen LogP contribution >= 0.6 is 0 Å². The normalized spacial score (nSPS) is 13.2. The molecule has 6 nitrogen and oxygen atoms in total. The minimum Gasteiger partial charge on any atom is -0.497 e. The van der Waals surface area contributed by atoms with Gasteiger partial charge in [0.1, 0.15) is 12.3 Å². The summed E-state index contributed by atoms with van der Waals surface area (Å²) in [5.41, 5.74) is 2.75. The van der Waals surface area contributed by atoms with Crippen molar-refractivity contribution in [3.8, 4) is 5.75 Å². The van der Waals surface area contributed by atoms with E-state index in [4.69, 9.17) is 4.74 Å². The number of amides is 1. The number of ether oxygens (including phenoxy) is 1. The molecule has 1 aliphatic carbocycles. The minimum atomic E-state index is -0.252. The summed E-state index contributed by atoms with van der Waals surface area (Å²) in [7, 11) is 3.54. The summed E-state index contributed by atoms with van der Waals surface area (Å²) in [6.45, 7) is 0.849. The number of hydrogen-bond donors (Lipinski definition) is 2. The van der Waals surface area contributed by atoms with E-state index >= 15 is 0 Å². The largest absolute Gasteiger partial charge is 0.497 e. The monoisotopic (exact) mass is 415 g/mol. The van der Waals surface area contributed by atoms with Crippen LogP contribution in [0.3, 0.4) is 0 Å². The molecule has 0 fully saturated rings. The molecule has 31 heavy (non-hydrogen) atoms. The molecule has 4 rings (SSSR count). The number of fused-ring (bicyclic) bond motifs is 2. The van der Waals surface area contributed by atoms with Crippen LogP contribution in [0, 0.1) is 0 Å². The van der Waals surface area contributed by atoms with Crippen LogP contribution in [0.5, 0.6) is 5.75 Å². The average Bonchev–Trinajstić information content (AvgIpc) is 2.77. The van der Waals surface area contributed by atoms with Crippen molar-refractivity contribution in [3.05, 3.63) is 94.5 Å². The predicted octanol–water partition coefficient (Wildman–Crippen LogP) is 2.12. The zero-order valence-corrected chi connectivity index (χ0v) is 17.4. The van der Waals surface area contributed by atoms with Crippen LogP contribution < -0.4 is 15.0 Å². The summed E-state index contributed by atoms with van der Waals surface area (Å²) in [5.74, 6) is 0.0854. The first-order valence-corrected chi connectivity index (χ1v) is 10.0. The van der Waals surface area contributed by atoms with Crippen LogP contribution in [0.2, 0.25) is 0 Å². The molecule has 0 aliphatic heterocycles. The van der Waals surface area contributed by atoms with Crippen molar-refractivity contribution in [2.75, 3.05) is 26.0 Å². The number of carbonyl (C=O) groups excluding carboxylic acids is 3. The Kier molecular flexibility index (Phi) is 5.64. The number of carbonyl (C=O) groups is 3. The Morgan fingerprint density at radius 2 is 1.58 bits per heavy atom. The highest BCUT2D eigenvalue weighted by molar-refractivity contribution is 6.30. The molecule has 156 valence electrons. The number of ketones is 2. The van der Waals surface area contributed by atoms with Gasteiger partial charge in [-0.2, -0.15) is 0 Å². The number of nitrogens with one attached hydrogen (secondary N) is 2. The third-order valence-electron chi connectivity index (χ3n) is 5.33. The first-order valence-electron chi connectivity index (χ1n) is 10.0. The smallest absolute Gasteiger partial charge is 0.279 e. The highest BCUT2D eigenvalue weighted by Crippen LogP contribution is 2.31. The molecule has 1 unspecified atom stereocenters. The maximum atomic E-state index is 13.1. The van der Waals surface area contributed by atoms with E-state index in [1.165, 1.54) is 0 Å². The Morgan fingerprint density at radius 1 is 0.903 bits per heavy atom. The lowest BCUT2D eigenvalue weighted by molar-refractivity contribution is -0.885. The number of hydrogen-bond acceptors (Lipinski definition) is 4. The third kappa shape index (κ3) is 4.11. The van der Waals surface area contributed by atoms with Gasteiger partial charge in [0.2, 0.25) is 0 Å². The van der Waals surface area contributed by atoms with Gasteiger partial charge >= 0.3 is 0 Å². The predicted molar refractivity (Wildman–Crippen MR) is 117 cm³/mol. The van der Waals surface area contributed by atoms with Crippen molar-refractivity contribution in [2.45, 2.75) is 6.54 Å². The minimum absolute atomic E-state index is 0.206. The molecule has 0 saturated carbocycles. The molecule has 2 N–H and O–H groups in total. The first kappa shape index (κ1) is 20.5. The molecular formula is C25H23N2O4+. The fraction of sp³-hybridized carbons (Fsp3) is 0.160. The van der Waals surface area contributed by atoms with Gasteiger partial charge in [0.05, 0.1) is 25.4 Å². The summed E-state index contributed by atoms with van der Waals surface area (Å²) < 4.78 is 5.25. The van der Waals surface area contributed by atoms with E-state index in [-0.39, 0.29) is 29.6 Å². The molecule has 0 aromatic heterocycles. The molecule has 6 heteroatoms. The van der Waals surface area contributed by atoms with E-state index in [1.54, 1.807) is 49.6 Å². The highest BCUT2D eigenvalue weighted by Gasteiger charge is 2.31. The second-order valence-corrected chi connectivity index (χ2v) is 7.64. The van der Waals surface area contributed by atoms with Crippen LogP contribution in [-0.4, -0.2) is 38.2 Å². The molecular weight excluding hydrogens is 392 g/mol. The van der Waals surface area contributed by atoms with Gasteiger partial charge in [0.15, 0.2) is 18.1 Å². The number of benzene rings is 3. The van der Waals surface area contributed by atoms with Gasteiger partial charge in [-0.25, -0.2) is 0 Å². The summed E-state index contributed by atoms with van der Waals surface area (Å²) in [4.78, 5) is 39.6. The van der Waals surface area contributed by atoms with Gasteiger partial charge in [-0.05, 0) is 18.2 Å². The van der Waals surface area contributed by atoms with Crippen molar-refractivity contribution in [2.24, 2.45) is 0 Å². The molecule has 0 spiro atoms. The number of rotatable bonds is 6. The lowest BCUT2D eigenvalue weighted by Gasteiger charge is -2.20. The van der Waals surface area contributed by atoms with Gasteiger partial charge in [-0.3, -0.25) is 14.4 Å². The molecule has 0 radical (unpaired) electrons. The van der Waals surface area contributed by atoms with Crippen molar-refractivity contribution >= 4 is 23.2 Å². The Balaban J connectivity index is 1.51. The molecule has 0 heterocycles. The van der Waals surface area contributed by atoms with Gasteiger partial charge < -0.3 is 15.0 Å². The topological polar surface area (TPSA) is 76.9 Å². The fourth-order valence-electron chi connectivity index (χ4n) is 3.91. The Labute approximate surface area is 180 Å². The second kappa shape index (κ2) is 8.53. The summed E-state index contributed by atoms with van der Waals surface area (Å²) in [6.07, 6.45) is 0. The van der Waals surface area contributed by atoms with Gasteiger partial charge in [0, 0.05) is 22.3 Å². The molecule has 0 saturated heterocycles. The van der Waals surface area contributed by atoms with E-state index in [9.17, 15) is 14.4 Å². The van der Waals surface area contributed by atoms with Gasteiger partial charge in [0.25, 0.3) is 5.91 Å². The summed E-state index contributed by atoms with van der Waals surface area (Å²) in [6, 6.07) is 19.4. The lowest BCUT2D eigenvalue weighted by atomic mass is 9.83. The second-order valence-electron chi connectivity index (χ2n) is 7.64. The van der Waals surface area contributed by atoms with Gasteiger partial charge in [-0.1, -0.05) is 48.5 Å². The fourth-order valence-corrected chi connectivity index (χ4v) is 3.91. The van der Waals surface area contributed by atoms with Crippen molar-refractivity contribution < 1.29 is 24.0 Å². The van der Waals surface area contributed by atoms with Gasteiger partial charge in [-0.15, -0.1) is 0 Å². The molecule has 3 aromatic carbocycles. The lowest BCUT2D eigenvalue weighted by Crippen LogP contribution is -3.08. The SMILES string of the molecule is COc1cccc(C[NH+](C)CC(=O)Nc2cccc3c2C(=O)c2ccccc2C3=O)c1. The third-order valence-corrected chi connectivity index (χ3v) is 5.33. The van der Waals surface area contributed by atoms with Crippen molar-refractivity contribution in [1.29, 1.82) is 0 Å². The molecule has 3 aromatic rings. The molecule has 1 atom stereocenters. The number of likely N-dealkylation sites (N-methyl/N-ethyl adjacent to an activating group) is 1. The van der Waals surface area contributed by atoms with E-state index < -0.39 is 0 Å². The van der Waals surface area contributed by atoms with Crippen LogP contribution in [-0.2, 0) is 11.3 Å². The number of anilines is 1. The standard InChI is InChI=1S/C25H22N2O4/c1-27(14-16-7-5-8-17(13-16)31-2)15-22(28)26-21-12-6-11-20-23(21)25(30)19-10-4-3-9-18(19)24(20)29/h3-13H,14-15H2,1-2H3,(H,26,28)/p+1. The Bertz CT molecular complexity index is 1190.